The lowest BCUT2D eigenvalue weighted by Crippen LogP contribution is -2.19. The highest BCUT2D eigenvalue weighted by Crippen LogP contribution is 2.20. The van der Waals surface area contributed by atoms with E-state index >= 15 is 0 Å². The molecule has 1 saturated carbocycles. The van der Waals surface area contributed by atoms with Crippen LogP contribution in [0.15, 0.2) is 18.5 Å². The first-order valence-corrected chi connectivity index (χ1v) is 8.53. The number of anilines is 1. The van der Waals surface area contributed by atoms with Crippen molar-refractivity contribution in [1.82, 2.24) is 4.98 Å². The predicted molar refractivity (Wildman–Crippen MR) is 87.2 cm³/mol. The average Bonchev–Trinajstić information content (AvgIpc) is 2.42. The first kappa shape index (κ1) is 15.3. The summed E-state index contributed by atoms with van der Waals surface area (Å²) in [6.45, 7) is 2.11. The normalized spacial score (nSPS) is 19.9. The van der Waals surface area contributed by atoms with Crippen LogP contribution in [0.2, 0.25) is 0 Å². The van der Waals surface area contributed by atoms with Crippen LogP contribution in [-0.2, 0) is 0 Å². The summed E-state index contributed by atoms with van der Waals surface area (Å²) >= 11 is 0. The third kappa shape index (κ3) is 5.94. The average molecular weight is 274 g/mol. The van der Waals surface area contributed by atoms with Crippen LogP contribution in [0.4, 0.5) is 5.69 Å². The van der Waals surface area contributed by atoms with Crippen molar-refractivity contribution in [3.05, 3.63) is 24.0 Å². The molecule has 1 aromatic heterocycles. The maximum atomic E-state index is 4.29. The number of nitrogens with zero attached hydrogens (tertiary/aromatic N) is 1. The van der Waals surface area contributed by atoms with Crippen molar-refractivity contribution in [3.8, 4) is 0 Å². The standard InChI is InChI=1S/C18H30N2/c1-16-13-18(15-19-14-16)20-17-11-9-7-5-3-2-4-6-8-10-12-17/h13-15,17,20H,2-12H2,1H3. The molecule has 0 radical (unpaired) electrons. The molecule has 1 N–H and O–H groups in total. The first-order valence-electron chi connectivity index (χ1n) is 8.53. The Hall–Kier alpha value is -1.05. The molecule has 0 spiro atoms. The molecule has 112 valence electrons. The summed E-state index contributed by atoms with van der Waals surface area (Å²) in [5.74, 6) is 0. The molecule has 1 heterocycles. The predicted octanol–water partition coefficient (Wildman–Crippen LogP) is 5.48. The summed E-state index contributed by atoms with van der Waals surface area (Å²) in [6, 6.07) is 2.85. The van der Waals surface area contributed by atoms with E-state index in [0.717, 1.165) is 0 Å². The van der Waals surface area contributed by atoms with Gasteiger partial charge in [-0.3, -0.25) is 4.98 Å². The molecule has 1 aliphatic carbocycles. The van der Waals surface area contributed by atoms with Crippen molar-refractivity contribution in [3.63, 3.8) is 0 Å². The monoisotopic (exact) mass is 274 g/mol. The van der Waals surface area contributed by atoms with Gasteiger partial charge in [0.05, 0.1) is 5.69 Å². The highest BCUT2D eigenvalue weighted by molar-refractivity contribution is 5.43. The lowest BCUT2D eigenvalue weighted by Gasteiger charge is -2.20. The lowest BCUT2D eigenvalue weighted by atomic mass is 9.98. The summed E-state index contributed by atoms with van der Waals surface area (Å²) in [5, 5.41) is 3.71. The van der Waals surface area contributed by atoms with Crippen LogP contribution in [0.5, 0.6) is 0 Å². The second-order valence-corrected chi connectivity index (χ2v) is 6.35. The van der Waals surface area contributed by atoms with Gasteiger partial charge in [0, 0.05) is 18.4 Å². The van der Waals surface area contributed by atoms with Gasteiger partial charge in [0.15, 0.2) is 0 Å². The summed E-state index contributed by atoms with van der Waals surface area (Å²) in [5.41, 5.74) is 2.44. The number of rotatable bonds is 2. The molecule has 0 aliphatic heterocycles. The molecule has 0 saturated heterocycles. The maximum absolute atomic E-state index is 4.29. The summed E-state index contributed by atoms with van der Waals surface area (Å²) in [4.78, 5) is 4.29. The van der Waals surface area contributed by atoms with Gasteiger partial charge in [-0.15, -0.1) is 0 Å². The van der Waals surface area contributed by atoms with Gasteiger partial charge < -0.3 is 5.32 Å². The Morgan fingerprint density at radius 2 is 1.40 bits per heavy atom. The van der Waals surface area contributed by atoms with Crippen molar-refractivity contribution >= 4 is 5.69 Å². The molecule has 0 unspecified atom stereocenters. The number of pyridine rings is 1. The van der Waals surface area contributed by atoms with Gasteiger partial charge in [-0.25, -0.2) is 0 Å². The van der Waals surface area contributed by atoms with Crippen LogP contribution in [0.3, 0.4) is 0 Å². The highest BCUT2D eigenvalue weighted by atomic mass is 14.9. The van der Waals surface area contributed by atoms with Crippen molar-refractivity contribution in [2.75, 3.05) is 5.32 Å². The molecular weight excluding hydrogens is 244 g/mol. The molecule has 0 bridgehead atoms. The number of hydrogen-bond donors (Lipinski definition) is 1. The fourth-order valence-electron chi connectivity index (χ4n) is 3.18. The van der Waals surface area contributed by atoms with E-state index in [4.69, 9.17) is 0 Å². The van der Waals surface area contributed by atoms with Crippen molar-refractivity contribution < 1.29 is 0 Å². The SMILES string of the molecule is Cc1cncc(NC2CCCCCCCCCCC2)c1. The van der Waals surface area contributed by atoms with Crippen LogP contribution in [0.1, 0.15) is 76.2 Å². The van der Waals surface area contributed by atoms with Crippen LogP contribution in [-0.4, -0.2) is 11.0 Å². The van der Waals surface area contributed by atoms with E-state index in [0.29, 0.717) is 6.04 Å². The van der Waals surface area contributed by atoms with Gasteiger partial charge in [-0.2, -0.15) is 0 Å². The number of hydrogen-bond acceptors (Lipinski definition) is 2. The van der Waals surface area contributed by atoms with E-state index < -0.39 is 0 Å². The largest absolute Gasteiger partial charge is 0.381 e. The quantitative estimate of drug-likeness (QED) is 0.773. The summed E-state index contributed by atoms with van der Waals surface area (Å²) in [7, 11) is 0. The second kappa shape index (κ2) is 8.99. The minimum atomic E-state index is 0.637. The van der Waals surface area contributed by atoms with Crippen molar-refractivity contribution in [2.45, 2.75) is 83.6 Å². The Bertz CT molecular complexity index is 363. The zero-order valence-electron chi connectivity index (χ0n) is 13.0. The van der Waals surface area contributed by atoms with E-state index in [2.05, 4.69) is 23.3 Å². The topological polar surface area (TPSA) is 24.9 Å². The van der Waals surface area contributed by atoms with Crippen molar-refractivity contribution in [2.24, 2.45) is 0 Å². The van der Waals surface area contributed by atoms with Crippen LogP contribution < -0.4 is 5.32 Å². The van der Waals surface area contributed by atoms with E-state index in [1.807, 2.05) is 12.4 Å². The van der Waals surface area contributed by atoms with Gasteiger partial charge in [0.1, 0.15) is 0 Å². The number of nitrogens with one attached hydrogen (secondary N) is 1. The van der Waals surface area contributed by atoms with E-state index in [9.17, 15) is 0 Å². The van der Waals surface area contributed by atoms with Crippen LogP contribution >= 0.6 is 0 Å². The van der Waals surface area contributed by atoms with Gasteiger partial charge in [0.2, 0.25) is 0 Å². The zero-order chi connectivity index (χ0) is 14.0. The molecule has 2 rings (SSSR count). The zero-order valence-corrected chi connectivity index (χ0v) is 13.0. The van der Waals surface area contributed by atoms with Gasteiger partial charge >= 0.3 is 0 Å². The third-order valence-corrected chi connectivity index (χ3v) is 4.35. The maximum Gasteiger partial charge on any atom is 0.0531 e. The summed E-state index contributed by atoms with van der Waals surface area (Å²) in [6.07, 6.45) is 19.3. The Balaban J connectivity index is 1.85. The molecule has 1 aromatic rings. The Kier molecular flexibility index (Phi) is 6.90. The molecule has 2 heteroatoms. The lowest BCUT2D eigenvalue weighted by molar-refractivity contribution is 0.480. The van der Waals surface area contributed by atoms with E-state index in [1.54, 1.807) is 0 Å². The minimum Gasteiger partial charge on any atom is -0.381 e. The van der Waals surface area contributed by atoms with Gasteiger partial charge in [0.25, 0.3) is 0 Å². The van der Waals surface area contributed by atoms with E-state index in [-0.39, 0.29) is 0 Å². The molecule has 20 heavy (non-hydrogen) atoms. The Morgan fingerprint density at radius 1 is 0.850 bits per heavy atom. The molecule has 1 aliphatic rings. The fraction of sp³-hybridized carbons (Fsp3) is 0.722. The third-order valence-electron chi connectivity index (χ3n) is 4.35. The van der Waals surface area contributed by atoms with Crippen LogP contribution in [0, 0.1) is 6.92 Å². The molecule has 2 nitrogen and oxygen atoms in total. The molecule has 1 fully saturated rings. The van der Waals surface area contributed by atoms with Crippen LogP contribution in [0.25, 0.3) is 0 Å². The fourth-order valence-corrected chi connectivity index (χ4v) is 3.18. The number of aromatic nitrogens is 1. The molecule has 0 amide bonds. The van der Waals surface area contributed by atoms with Gasteiger partial charge in [-0.05, 0) is 31.4 Å². The van der Waals surface area contributed by atoms with E-state index in [1.165, 1.54) is 81.9 Å². The highest BCUT2D eigenvalue weighted by Gasteiger charge is 2.09. The van der Waals surface area contributed by atoms with Gasteiger partial charge in [-0.1, -0.05) is 57.8 Å². The number of aryl methyl sites for hydroxylation is 1. The second-order valence-electron chi connectivity index (χ2n) is 6.35. The first-order chi connectivity index (χ1) is 9.84. The Labute approximate surface area is 124 Å². The summed E-state index contributed by atoms with van der Waals surface area (Å²) < 4.78 is 0. The molecule has 0 aromatic carbocycles. The molecular formula is C18H30N2. The minimum absolute atomic E-state index is 0.637. The van der Waals surface area contributed by atoms with Crippen molar-refractivity contribution in [1.29, 1.82) is 0 Å². The molecule has 0 atom stereocenters. The Morgan fingerprint density at radius 3 is 1.95 bits per heavy atom. The smallest absolute Gasteiger partial charge is 0.0531 e.